The average molecular weight is 256 g/mol. The minimum atomic E-state index is -0.432. The van der Waals surface area contributed by atoms with E-state index in [0.717, 1.165) is 16.7 Å². The summed E-state index contributed by atoms with van der Waals surface area (Å²) < 4.78 is 5.22. The Labute approximate surface area is 112 Å². The normalized spacial score (nSPS) is 10.2. The van der Waals surface area contributed by atoms with Crippen LogP contribution in [0.5, 0.6) is 5.75 Å². The fraction of sp³-hybridized carbons (Fsp3) is 0.133. The van der Waals surface area contributed by atoms with Gasteiger partial charge in [-0.25, -0.2) is 0 Å². The summed E-state index contributed by atoms with van der Waals surface area (Å²) in [5.74, 6) is 0.206. The van der Waals surface area contributed by atoms with Gasteiger partial charge in [-0.3, -0.25) is 4.79 Å². The molecule has 4 heteroatoms. The Kier molecular flexibility index (Phi) is 3.42. The summed E-state index contributed by atoms with van der Waals surface area (Å²) in [6, 6.07) is 10.9. The van der Waals surface area contributed by atoms with Gasteiger partial charge >= 0.3 is 0 Å². The molecule has 19 heavy (non-hydrogen) atoms. The summed E-state index contributed by atoms with van der Waals surface area (Å²) in [6.07, 6.45) is 0. The number of hydrogen-bond acceptors (Lipinski definition) is 3. The lowest BCUT2D eigenvalue weighted by Gasteiger charge is -2.11. The number of ether oxygens (including phenoxy) is 1. The molecule has 0 spiro atoms. The number of hydrogen-bond donors (Lipinski definition) is 2. The van der Waals surface area contributed by atoms with Gasteiger partial charge in [0.1, 0.15) is 5.75 Å². The van der Waals surface area contributed by atoms with Crippen molar-refractivity contribution in [1.82, 2.24) is 0 Å². The van der Waals surface area contributed by atoms with E-state index in [1.54, 1.807) is 19.2 Å². The van der Waals surface area contributed by atoms with E-state index in [1.165, 1.54) is 0 Å². The molecular formula is C15H16N2O2. The van der Waals surface area contributed by atoms with Crippen LogP contribution in [-0.2, 0) is 0 Å². The zero-order valence-corrected chi connectivity index (χ0v) is 10.9. The molecule has 0 atom stereocenters. The van der Waals surface area contributed by atoms with Gasteiger partial charge in [-0.1, -0.05) is 12.1 Å². The Hall–Kier alpha value is -2.49. The number of aryl methyl sites for hydroxylation is 1. The SMILES string of the molecule is COc1cc(-c2ccc(C(N)=O)cc2)c(C)cc1N. The second-order valence-corrected chi connectivity index (χ2v) is 4.35. The van der Waals surface area contributed by atoms with Crippen molar-refractivity contribution >= 4 is 11.6 Å². The van der Waals surface area contributed by atoms with E-state index in [-0.39, 0.29) is 0 Å². The van der Waals surface area contributed by atoms with Crippen LogP contribution < -0.4 is 16.2 Å². The molecule has 0 saturated carbocycles. The fourth-order valence-electron chi connectivity index (χ4n) is 2.01. The zero-order chi connectivity index (χ0) is 14.0. The van der Waals surface area contributed by atoms with E-state index in [1.807, 2.05) is 31.2 Å². The van der Waals surface area contributed by atoms with Crippen molar-refractivity contribution < 1.29 is 9.53 Å². The quantitative estimate of drug-likeness (QED) is 0.827. The third-order valence-electron chi connectivity index (χ3n) is 3.06. The van der Waals surface area contributed by atoms with Gasteiger partial charge in [0.2, 0.25) is 5.91 Å². The summed E-state index contributed by atoms with van der Waals surface area (Å²) in [5.41, 5.74) is 15.2. The molecule has 0 radical (unpaired) electrons. The predicted octanol–water partition coefficient (Wildman–Crippen LogP) is 2.35. The van der Waals surface area contributed by atoms with Gasteiger partial charge in [0.25, 0.3) is 0 Å². The number of nitrogens with two attached hydrogens (primary N) is 2. The van der Waals surface area contributed by atoms with Gasteiger partial charge in [0.15, 0.2) is 0 Å². The van der Waals surface area contributed by atoms with Crippen LogP contribution in [-0.4, -0.2) is 13.0 Å². The highest BCUT2D eigenvalue weighted by Gasteiger charge is 2.08. The van der Waals surface area contributed by atoms with E-state index in [9.17, 15) is 4.79 Å². The number of primary amides is 1. The molecule has 0 fully saturated rings. The molecule has 1 amide bonds. The molecule has 0 aliphatic rings. The number of carbonyl (C=O) groups excluding carboxylic acids is 1. The summed E-state index contributed by atoms with van der Waals surface area (Å²) >= 11 is 0. The molecule has 0 bridgehead atoms. The van der Waals surface area contributed by atoms with Crippen LogP contribution >= 0.6 is 0 Å². The average Bonchev–Trinajstić information content (AvgIpc) is 2.39. The highest BCUT2D eigenvalue weighted by atomic mass is 16.5. The molecule has 98 valence electrons. The monoisotopic (exact) mass is 256 g/mol. The number of anilines is 1. The molecule has 0 unspecified atom stereocenters. The molecule has 4 N–H and O–H groups in total. The zero-order valence-electron chi connectivity index (χ0n) is 10.9. The Balaban J connectivity index is 2.49. The van der Waals surface area contributed by atoms with Crippen molar-refractivity contribution in [1.29, 1.82) is 0 Å². The van der Waals surface area contributed by atoms with E-state index in [4.69, 9.17) is 16.2 Å². The number of amides is 1. The first-order valence-electron chi connectivity index (χ1n) is 5.87. The van der Waals surface area contributed by atoms with E-state index < -0.39 is 5.91 Å². The van der Waals surface area contributed by atoms with E-state index >= 15 is 0 Å². The maximum absolute atomic E-state index is 11.0. The topological polar surface area (TPSA) is 78.3 Å². The van der Waals surface area contributed by atoms with Crippen molar-refractivity contribution in [2.75, 3.05) is 12.8 Å². The number of carbonyl (C=O) groups is 1. The van der Waals surface area contributed by atoms with Crippen molar-refractivity contribution in [3.63, 3.8) is 0 Å². The van der Waals surface area contributed by atoms with Crippen LogP contribution in [0.2, 0.25) is 0 Å². The van der Waals surface area contributed by atoms with Crippen molar-refractivity contribution in [3.05, 3.63) is 47.5 Å². The van der Waals surface area contributed by atoms with Crippen LogP contribution in [0, 0.1) is 6.92 Å². The van der Waals surface area contributed by atoms with Gasteiger partial charge in [-0.15, -0.1) is 0 Å². The van der Waals surface area contributed by atoms with Gasteiger partial charge in [-0.2, -0.15) is 0 Å². The lowest BCUT2D eigenvalue weighted by molar-refractivity contribution is 0.100. The molecular weight excluding hydrogens is 240 g/mol. The minimum Gasteiger partial charge on any atom is -0.495 e. The van der Waals surface area contributed by atoms with E-state index in [2.05, 4.69) is 0 Å². The van der Waals surface area contributed by atoms with Gasteiger partial charge in [0.05, 0.1) is 12.8 Å². The van der Waals surface area contributed by atoms with Crippen molar-refractivity contribution in [3.8, 4) is 16.9 Å². The van der Waals surface area contributed by atoms with Gasteiger partial charge in [-0.05, 0) is 47.9 Å². The highest BCUT2D eigenvalue weighted by molar-refractivity contribution is 5.93. The fourth-order valence-corrected chi connectivity index (χ4v) is 2.01. The predicted molar refractivity (Wildman–Crippen MR) is 76.1 cm³/mol. The Morgan fingerprint density at radius 2 is 1.79 bits per heavy atom. The minimum absolute atomic E-state index is 0.432. The maximum atomic E-state index is 11.0. The number of rotatable bonds is 3. The van der Waals surface area contributed by atoms with Crippen molar-refractivity contribution in [2.24, 2.45) is 5.73 Å². The third kappa shape index (κ3) is 2.52. The summed E-state index contributed by atoms with van der Waals surface area (Å²) in [6.45, 7) is 1.98. The second kappa shape index (κ2) is 5.02. The third-order valence-corrected chi connectivity index (χ3v) is 3.06. The summed E-state index contributed by atoms with van der Waals surface area (Å²) in [7, 11) is 1.58. The highest BCUT2D eigenvalue weighted by Crippen LogP contribution is 2.32. The first-order chi connectivity index (χ1) is 9.02. The molecule has 2 aromatic carbocycles. The Morgan fingerprint density at radius 3 is 2.32 bits per heavy atom. The number of benzene rings is 2. The summed E-state index contributed by atoms with van der Waals surface area (Å²) in [4.78, 5) is 11.0. The van der Waals surface area contributed by atoms with Crippen molar-refractivity contribution in [2.45, 2.75) is 6.92 Å². The molecule has 2 aromatic rings. The molecule has 0 heterocycles. The lowest BCUT2D eigenvalue weighted by atomic mass is 9.98. The molecule has 2 rings (SSSR count). The van der Waals surface area contributed by atoms with Crippen LogP contribution in [0.3, 0.4) is 0 Å². The summed E-state index contributed by atoms with van der Waals surface area (Å²) in [5, 5.41) is 0. The first kappa shape index (κ1) is 13.0. The van der Waals surface area contributed by atoms with Crippen LogP contribution in [0.25, 0.3) is 11.1 Å². The maximum Gasteiger partial charge on any atom is 0.248 e. The lowest BCUT2D eigenvalue weighted by Crippen LogP contribution is -2.10. The smallest absolute Gasteiger partial charge is 0.248 e. The molecule has 0 saturated heterocycles. The number of methoxy groups -OCH3 is 1. The molecule has 0 aliphatic heterocycles. The van der Waals surface area contributed by atoms with E-state index in [0.29, 0.717) is 17.0 Å². The Bertz CT molecular complexity index is 619. The molecule has 0 aliphatic carbocycles. The van der Waals surface area contributed by atoms with Gasteiger partial charge in [0, 0.05) is 5.56 Å². The number of nitrogen functional groups attached to an aromatic ring is 1. The standard InChI is InChI=1S/C15H16N2O2/c1-9-7-13(16)14(19-2)8-12(9)10-3-5-11(6-4-10)15(17)18/h3-8H,16H2,1-2H3,(H2,17,18). The first-order valence-corrected chi connectivity index (χ1v) is 5.87. The van der Waals surface area contributed by atoms with Gasteiger partial charge < -0.3 is 16.2 Å². The molecule has 4 nitrogen and oxygen atoms in total. The van der Waals surface area contributed by atoms with Crippen LogP contribution in [0.4, 0.5) is 5.69 Å². The van der Waals surface area contributed by atoms with Crippen LogP contribution in [0.15, 0.2) is 36.4 Å². The second-order valence-electron chi connectivity index (χ2n) is 4.35. The molecule has 0 aromatic heterocycles. The largest absolute Gasteiger partial charge is 0.495 e. The van der Waals surface area contributed by atoms with Crippen LogP contribution in [0.1, 0.15) is 15.9 Å². The Morgan fingerprint density at radius 1 is 1.16 bits per heavy atom.